The highest BCUT2D eigenvalue weighted by atomic mass is 15.2. The molecule has 0 bridgehead atoms. The van der Waals surface area contributed by atoms with Crippen molar-refractivity contribution in [1.29, 1.82) is 5.41 Å². The lowest BCUT2D eigenvalue weighted by Crippen LogP contribution is -2.26. The Balaban J connectivity index is 4.21. The van der Waals surface area contributed by atoms with Gasteiger partial charge in [-0.3, -0.25) is 5.41 Å². The first kappa shape index (κ1) is 9.21. The smallest absolute Gasteiger partial charge is 0.0861 e. The zero-order valence-electron chi connectivity index (χ0n) is 7.18. The molecule has 0 aromatic rings. The predicted octanol–water partition coefficient (Wildman–Crippen LogP) is 2.23. The highest BCUT2D eigenvalue weighted by Gasteiger charge is 2.03. The Kier molecular flexibility index (Phi) is 3.77. The van der Waals surface area contributed by atoms with Crippen LogP contribution in [0.25, 0.3) is 0 Å². The first-order chi connectivity index (χ1) is 4.63. The number of hydrogen-bond acceptors (Lipinski definition) is 1. The van der Waals surface area contributed by atoms with E-state index < -0.39 is 0 Å². The van der Waals surface area contributed by atoms with Gasteiger partial charge >= 0.3 is 0 Å². The molecule has 2 nitrogen and oxygen atoms in total. The fraction of sp³-hybridized carbons (Fsp3) is 0.625. The van der Waals surface area contributed by atoms with Crippen molar-refractivity contribution in [2.75, 3.05) is 0 Å². The van der Waals surface area contributed by atoms with Crippen molar-refractivity contribution < 1.29 is 0 Å². The number of nitrogens with one attached hydrogen (secondary N) is 1. The Labute approximate surface area is 63.0 Å². The van der Waals surface area contributed by atoms with Gasteiger partial charge in [-0.15, -0.1) is 0 Å². The van der Waals surface area contributed by atoms with Crippen LogP contribution in [0, 0.1) is 5.41 Å². The Morgan fingerprint density at radius 1 is 1.50 bits per heavy atom. The Morgan fingerprint density at radius 3 is 2.10 bits per heavy atom. The molecule has 0 aliphatic carbocycles. The van der Waals surface area contributed by atoms with E-state index in [1.807, 2.05) is 24.8 Å². The van der Waals surface area contributed by atoms with Gasteiger partial charge in [0.15, 0.2) is 0 Å². The third-order valence-electron chi connectivity index (χ3n) is 1.52. The molecule has 0 saturated heterocycles. The van der Waals surface area contributed by atoms with Crippen LogP contribution < -0.4 is 0 Å². The van der Waals surface area contributed by atoms with E-state index in [1.165, 1.54) is 6.34 Å². The van der Waals surface area contributed by atoms with E-state index in [1.54, 1.807) is 0 Å². The Morgan fingerprint density at radius 2 is 2.00 bits per heavy atom. The minimum absolute atomic E-state index is 0.383. The molecule has 0 aliphatic heterocycles. The molecule has 10 heavy (non-hydrogen) atoms. The van der Waals surface area contributed by atoms with Crippen LogP contribution in [0.15, 0.2) is 11.8 Å². The van der Waals surface area contributed by atoms with Gasteiger partial charge < -0.3 is 4.90 Å². The number of allylic oxidation sites excluding steroid dienone is 2. The molecule has 0 aromatic carbocycles. The van der Waals surface area contributed by atoms with Gasteiger partial charge in [0.05, 0.1) is 6.34 Å². The Bertz CT molecular complexity index is 136. The van der Waals surface area contributed by atoms with Crippen LogP contribution in [0.2, 0.25) is 0 Å². The summed E-state index contributed by atoms with van der Waals surface area (Å²) in [5.41, 5.74) is 1.13. The average molecular weight is 140 g/mol. The van der Waals surface area contributed by atoms with Crippen LogP contribution in [-0.4, -0.2) is 17.3 Å². The largest absolute Gasteiger partial charge is 0.335 e. The second kappa shape index (κ2) is 4.09. The Hall–Kier alpha value is -0.790. The maximum absolute atomic E-state index is 7.08. The van der Waals surface area contributed by atoms with Crippen LogP contribution in [0.1, 0.15) is 27.7 Å². The maximum atomic E-state index is 7.08. The van der Waals surface area contributed by atoms with E-state index >= 15 is 0 Å². The van der Waals surface area contributed by atoms with Gasteiger partial charge in [0.1, 0.15) is 0 Å². The van der Waals surface area contributed by atoms with Crippen LogP contribution in [-0.2, 0) is 0 Å². The molecule has 0 unspecified atom stereocenters. The van der Waals surface area contributed by atoms with Crippen molar-refractivity contribution in [3.63, 3.8) is 0 Å². The minimum atomic E-state index is 0.383. The lowest BCUT2D eigenvalue weighted by molar-refractivity contribution is 0.435. The molecule has 2 heteroatoms. The highest BCUT2D eigenvalue weighted by molar-refractivity contribution is 5.54. The molecule has 0 saturated carbocycles. The predicted molar refractivity (Wildman–Crippen MR) is 45.2 cm³/mol. The van der Waals surface area contributed by atoms with Crippen molar-refractivity contribution >= 4 is 6.34 Å². The number of nitrogens with zero attached hydrogens (tertiary/aromatic N) is 1. The van der Waals surface area contributed by atoms with Crippen molar-refractivity contribution in [1.82, 2.24) is 4.90 Å². The lowest BCUT2D eigenvalue weighted by Gasteiger charge is -2.23. The summed E-state index contributed by atoms with van der Waals surface area (Å²) in [6.45, 7) is 8.12. The first-order valence-electron chi connectivity index (χ1n) is 3.55. The summed E-state index contributed by atoms with van der Waals surface area (Å²) in [5.74, 6) is 0. The van der Waals surface area contributed by atoms with Gasteiger partial charge in [-0.2, -0.15) is 0 Å². The van der Waals surface area contributed by atoms with Gasteiger partial charge in [0.2, 0.25) is 0 Å². The molecule has 0 atom stereocenters. The molecule has 1 N–H and O–H groups in total. The van der Waals surface area contributed by atoms with Crippen molar-refractivity contribution in [2.45, 2.75) is 33.7 Å². The van der Waals surface area contributed by atoms with Crippen molar-refractivity contribution in [3.8, 4) is 0 Å². The van der Waals surface area contributed by atoms with Crippen LogP contribution in [0.4, 0.5) is 0 Å². The fourth-order valence-corrected chi connectivity index (χ4v) is 0.807. The second-order valence-corrected chi connectivity index (χ2v) is 2.56. The summed E-state index contributed by atoms with van der Waals surface area (Å²) >= 11 is 0. The summed E-state index contributed by atoms with van der Waals surface area (Å²) in [4.78, 5) is 1.92. The molecule has 0 amide bonds. The third kappa shape index (κ3) is 2.21. The van der Waals surface area contributed by atoms with Crippen molar-refractivity contribution in [2.24, 2.45) is 0 Å². The van der Waals surface area contributed by atoms with Crippen LogP contribution >= 0.6 is 0 Å². The van der Waals surface area contributed by atoms with Crippen LogP contribution in [0.5, 0.6) is 0 Å². The normalized spacial score (nSPS) is 11.9. The lowest BCUT2D eigenvalue weighted by atomic mass is 10.3. The monoisotopic (exact) mass is 140 g/mol. The van der Waals surface area contributed by atoms with Gasteiger partial charge in [0.25, 0.3) is 0 Å². The van der Waals surface area contributed by atoms with E-state index in [4.69, 9.17) is 5.41 Å². The highest BCUT2D eigenvalue weighted by Crippen LogP contribution is 2.04. The minimum Gasteiger partial charge on any atom is -0.335 e. The maximum Gasteiger partial charge on any atom is 0.0861 e. The fourth-order valence-electron chi connectivity index (χ4n) is 0.807. The van der Waals surface area contributed by atoms with E-state index in [9.17, 15) is 0 Å². The van der Waals surface area contributed by atoms with Crippen LogP contribution in [0.3, 0.4) is 0 Å². The molecule has 0 spiro atoms. The van der Waals surface area contributed by atoms with E-state index in [-0.39, 0.29) is 0 Å². The van der Waals surface area contributed by atoms with Gasteiger partial charge in [0, 0.05) is 11.7 Å². The SMILES string of the molecule is CC=C(C)N(C=N)C(C)C. The molecular weight excluding hydrogens is 124 g/mol. The van der Waals surface area contributed by atoms with E-state index in [2.05, 4.69) is 13.8 Å². The summed E-state index contributed by atoms with van der Waals surface area (Å²) in [6, 6.07) is 0.383. The molecule has 0 aromatic heterocycles. The zero-order chi connectivity index (χ0) is 8.15. The molecule has 0 aliphatic rings. The molecule has 0 radical (unpaired) electrons. The quantitative estimate of drug-likeness (QED) is 0.472. The van der Waals surface area contributed by atoms with E-state index in [0.717, 1.165) is 5.70 Å². The zero-order valence-corrected chi connectivity index (χ0v) is 7.18. The molecule has 58 valence electrons. The number of hydrogen-bond donors (Lipinski definition) is 1. The summed E-state index contributed by atoms with van der Waals surface area (Å²) < 4.78 is 0. The van der Waals surface area contributed by atoms with Gasteiger partial charge in [-0.1, -0.05) is 6.08 Å². The third-order valence-corrected chi connectivity index (χ3v) is 1.52. The summed E-state index contributed by atoms with van der Waals surface area (Å²) in [7, 11) is 0. The average Bonchev–Trinajstić information content (AvgIpc) is 1.88. The van der Waals surface area contributed by atoms with E-state index in [0.29, 0.717) is 6.04 Å². The first-order valence-corrected chi connectivity index (χ1v) is 3.55. The second-order valence-electron chi connectivity index (χ2n) is 2.56. The van der Waals surface area contributed by atoms with Crippen molar-refractivity contribution in [3.05, 3.63) is 11.8 Å². The summed E-state index contributed by atoms with van der Waals surface area (Å²) in [6.07, 6.45) is 3.37. The molecule has 0 heterocycles. The van der Waals surface area contributed by atoms with Gasteiger partial charge in [-0.05, 0) is 27.7 Å². The molecule has 0 fully saturated rings. The summed E-state index contributed by atoms with van der Waals surface area (Å²) in [5, 5.41) is 7.08. The topological polar surface area (TPSA) is 27.1 Å². The number of rotatable bonds is 3. The molecular formula is C8H16N2. The molecule has 0 rings (SSSR count). The standard InChI is InChI=1S/C8H16N2/c1-5-8(4)10(6-9)7(2)3/h5-7,9H,1-4H3. The van der Waals surface area contributed by atoms with Gasteiger partial charge in [-0.25, -0.2) is 0 Å².